The van der Waals surface area contributed by atoms with Crippen LogP contribution in [0.25, 0.3) is 0 Å². The molecular formula is C12H20N6. The maximum Gasteiger partial charge on any atom is 0.131 e. The summed E-state index contributed by atoms with van der Waals surface area (Å²) in [4.78, 5) is 4.42. The van der Waals surface area contributed by atoms with Gasteiger partial charge in [-0.25, -0.2) is 9.67 Å². The highest BCUT2D eigenvalue weighted by atomic mass is 15.4. The van der Waals surface area contributed by atoms with E-state index in [1.807, 2.05) is 34.9 Å². The molecule has 0 bridgehead atoms. The highest BCUT2D eigenvalue weighted by Gasteiger charge is 2.21. The SMILES string of the molecule is CCCn1nncc1C(NCC)c1nccn1C. The summed E-state index contributed by atoms with van der Waals surface area (Å²) in [5.74, 6) is 0.983. The quantitative estimate of drug-likeness (QED) is 0.832. The molecule has 1 N–H and O–H groups in total. The molecule has 1 unspecified atom stereocenters. The minimum atomic E-state index is 0.0385. The Kier molecular flexibility index (Phi) is 4.09. The van der Waals surface area contributed by atoms with Crippen molar-refractivity contribution in [2.24, 2.45) is 7.05 Å². The minimum Gasteiger partial charge on any atom is -0.336 e. The first kappa shape index (κ1) is 12.8. The summed E-state index contributed by atoms with van der Waals surface area (Å²) in [6, 6.07) is 0.0385. The minimum absolute atomic E-state index is 0.0385. The number of hydrogen-bond donors (Lipinski definition) is 1. The molecule has 0 aliphatic carbocycles. The van der Waals surface area contributed by atoms with Gasteiger partial charge in [0, 0.05) is 26.0 Å². The number of aryl methyl sites for hydroxylation is 2. The molecule has 6 heteroatoms. The van der Waals surface area contributed by atoms with Gasteiger partial charge in [0.05, 0.1) is 11.9 Å². The molecule has 0 aliphatic heterocycles. The van der Waals surface area contributed by atoms with E-state index in [-0.39, 0.29) is 6.04 Å². The van der Waals surface area contributed by atoms with Crippen LogP contribution in [0.5, 0.6) is 0 Å². The van der Waals surface area contributed by atoms with Crippen LogP contribution in [0.1, 0.15) is 37.8 Å². The normalized spacial score (nSPS) is 12.8. The third-order valence-electron chi connectivity index (χ3n) is 2.90. The lowest BCUT2D eigenvalue weighted by Crippen LogP contribution is -2.27. The second-order valence-corrected chi connectivity index (χ2v) is 4.27. The van der Waals surface area contributed by atoms with E-state index in [4.69, 9.17) is 0 Å². The summed E-state index contributed by atoms with van der Waals surface area (Å²) >= 11 is 0. The number of nitrogens with zero attached hydrogens (tertiary/aromatic N) is 5. The van der Waals surface area contributed by atoms with Gasteiger partial charge in [-0.15, -0.1) is 5.10 Å². The second kappa shape index (κ2) is 5.77. The van der Waals surface area contributed by atoms with Crippen LogP contribution in [0.3, 0.4) is 0 Å². The summed E-state index contributed by atoms with van der Waals surface area (Å²) < 4.78 is 3.97. The first-order valence-electron chi connectivity index (χ1n) is 6.36. The summed E-state index contributed by atoms with van der Waals surface area (Å²) in [6.07, 6.45) is 6.62. The molecular weight excluding hydrogens is 228 g/mol. The highest BCUT2D eigenvalue weighted by Crippen LogP contribution is 2.19. The molecule has 0 spiro atoms. The third kappa shape index (κ3) is 2.43. The van der Waals surface area contributed by atoms with E-state index in [0.29, 0.717) is 0 Å². The van der Waals surface area contributed by atoms with Crippen LogP contribution in [0.2, 0.25) is 0 Å². The van der Waals surface area contributed by atoms with Gasteiger partial charge in [0.25, 0.3) is 0 Å². The van der Waals surface area contributed by atoms with Crippen molar-refractivity contribution in [2.75, 3.05) is 6.54 Å². The summed E-state index contributed by atoms with van der Waals surface area (Å²) in [5, 5.41) is 11.6. The van der Waals surface area contributed by atoms with Gasteiger partial charge >= 0.3 is 0 Å². The van der Waals surface area contributed by atoms with E-state index in [0.717, 1.165) is 31.0 Å². The smallest absolute Gasteiger partial charge is 0.131 e. The van der Waals surface area contributed by atoms with Crippen LogP contribution in [0.4, 0.5) is 0 Å². The van der Waals surface area contributed by atoms with Crippen LogP contribution < -0.4 is 5.32 Å². The van der Waals surface area contributed by atoms with Crippen molar-refractivity contribution >= 4 is 0 Å². The number of aromatic nitrogens is 5. The molecule has 2 aromatic rings. The lowest BCUT2D eigenvalue weighted by molar-refractivity contribution is 0.493. The lowest BCUT2D eigenvalue weighted by atomic mass is 10.2. The van der Waals surface area contributed by atoms with E-state index in [2.05, 4.69) is 34.5 Å². The molecule has 0 radical (unpaired) electrons. The van der Waals surface area contributed by atoms with Gasteiger partial charge in [-0.1, -0.05) is 19.1 Å². The average Bonchev–Trinajstić information content (AvgIpc) is 2.96. The van der Waals surface area contributed by atoms with Gasteiger partial charge in [0.2, 0.25) is 0 Å². The molecule has 0 aliphatic rings. The Hall–Kier alpha value is -1.69. The standard InChI is InChI=1S/C12H20N6/c1-4-7-18-10(9-15-16-18)11(13-5-2)12-14-6-8-17(12)3/h6,8-9,11,13H,4-5,7H2,1-3H3. The third-order valence-corrected chi connectivity index (χ3v) is 2.90. The Labute approximate surface area is 107 Å². The predicted octanol–water partition coefficient (Wildman–Crippen LogP) is 1.12. The number of imidazole rings is 1. The molecule has 2 heterocycles. The molecule has 1 atom stereocenters. The molecule has 0 aromatic carbocycles. The summed E-state index contributed by atoms with van der Waals surface area (Å²) in [7, 11) is 2.00. The van der Waals surface area contributed by atoms with Crippen molar-refractivity contribution in [3.05, 3.63) is 30.1 Å². The van der Waals surface area contributed by atoms with Crippen LogP contribution in [0.15, 0.2) is 18.6 Å². The van der Waals surface area contributed by atoms with Gasteiger partial charge in [-0.3, -0.25) is 0 Å². The number of hydrogen-bond acceptors (Lipinski definition) is 4. The van der Waals surface area contributed by atoms with Gasteiger partial charge < -0.3 is 9.88 Å². The zero-order valence-corrected chi connectivity index (χ0v) is 11.2. The second-order valence-electron chi connectivity index (χ2n) is 4.27. The first-order chi connectivity index (χ1) is 8.77. The van der Waals surface area contributed by atoms with Crippen molar-refractivity contribution in [3.8, 4) is 0 Å². The van der Waals surface area contributed by atoms with Crippen molar-refractivity contribution in [2.45, 2.75) is 32.9 Å². The van der Waals surface area contributed by atoms with E-state index >= 15 is 0 Å². The monoisotopic (exact) mass is 248 g/mol. The zero-order valence-electron chi connectivity index (χ0n) is 11.2. The van der Waals surface area contributed by atoms with Crippen LogP contribution in [-0.4, -0.2) is 31.1 Å². The van der Waals surface area contributed by atoms with Gasteiger partial charge in [-0.2, -0.15) is 0 Å². The fraction of sp³-hybridized carbons (Fsp3) is 0.583. The largest absolute Gasteiger partial charge is 0.336 e. The van der Waals surface area contributed by atoms with Crippen LogP contribution in [0, 0.1) is 0 Å². The Morgan fingerprint density at radius 1 is 1.39 bits per heavy atom. The molecule has 98 valence electrons. The van der Waals surface area contributed by atoms with E-state index < -0.39 is 0 Å². The molecule has 0 amide bonds. The molecule has 2 aromatic heterocycles. The van der Waals surface area contributed by atoms with Gasteiger partial charge in [0.15, 0.2) is 0 Å². The van der Waals surface area contributed by atoms with Crippen LogP contribution in [-0.2, 0) is 13.6 Å². The maximum absolute atomic E-state index is 4.42. The summed E-state index contributed by atoms with van der Waals surface area (Å²) in [5.41, 5.74) is 1.06. The van der Waals surface area contributed by atoms with Crippen molar-refractivity contribution in [1.29, 1.82) is 0 Å². The molecule has 0 saturated heterocycles. The first-order valence-corrected chi connectivity index (χ1v) is 6.36. The maximum atomic E-state index is 4.42. The van der Waals surface area contributed by atoms with E-state index in [1.54, 1.807) is 0 Å². The Morgan fingerprint density at radius 2 is 2.22 bits per heavy atom. The number of nitrogens with one attached hydrogen (secondary N) is 1. The van der Waals surface area contributed by atoms with E-state index in [1.165, 1.54) is 0 Å². The van der Waals surface area contributed by atoms with Gasteiger partial charge in [-0.05, 0) is 13.0 Å². The Balaban J connectivity index is 2.35. The molecule has 2 rings (SSSR count). The predicted molar refractivity (Wildman–Crippen MR) is 69.0 cm³/mol. The van der Waals surface area contributed by atoms with Crippen molar-refractivity contribution in [1.82, 2.24) is 29.9 Å². The zero-order chi connectivity index (χ0) is 13.0. The lowest BCUT2D eigenvalue weighted by Gasteiger charge is -2.18. The molecule has 18 heavy (non-hydrogen) atoms. The fourth-order valence-electron chi connectivity index (χ4n) is 2.06. The molecule has 0 fully saturated rings. The summed E-state index contributed by atoms with van der Waals surface area (Å²) in [6.45, 7) is 5.97. The van der Waals surface area contributed by atoms with Crippen molar-refractivity contribution in [3.63, 3.8) is 0 Å². The topological polar surface area (TPSA) is 60.6 Å². The van der Waals surface area contributed by atoms with Gasteiger partial charge in [0.1, 0.15) is 11.9 Å². The fourth-order valence-corrected chi connectivity index (χ4v) is 2.06. The number of rotatable bonds is 6. The van der Waals surface area contributed by atoms with E-state index in [9.17, 15) is 0 Å². The highest BCUT2D eigenvalue weighted by molar-refractivity contribution is 5.15. The molecule has 6 nitrogen and oxygen atoms in total. The Morgan fingerprint density at radius 3 is 2.83 bits per heavy atom. The Bertz CT molecular complexity index is 486. The average molecular weight is 248 g/mol. The molecule has 0 saturated carbocycles. The van der Waals surface area contributed by atoms with Crippen molar-refractivity contribution < 1.29 is 0 Å². The van der Waals surface area contributed by atoms with Crippen LogP contribution >= 0.6 is 0 Å².